The monoisotopic (exact) mass is 223 g/mol. The fourth-order valence-electron chi connectivity index (χ4n) is 2.19. The van der Waals surface area contributed by atoms with Gasteiger partial charge in [0, 0.05) is 30.9 Å². The Morgan fingerprint density at radius 3 is 2.62 bits per heavy atom. The average Bonchev–Trinajstić information content (AvgIpc) is 2.26. The summed E-state index contributed by atoms with van der Waals surface area (Å²) >= 11 is 0. The highest BCUT2D eigenvalue weighted by molar-refractivity contribution is 5.21. The molecular weight excluding hydrogens is 206 g/mol. The zero-order chi connectivity index (χ0) is 11.9. The predicted molar refractivity (Wildman–Crippen MR) is 61.7 cm³/mol. The first-order chi connectivity index (χ1) is 7.54. The summed E-state index contributed by atoms with van der Waals surface area (Å²) in [4.78, 5) is 24.2. The van der Waals surface area contributed by atoms with E-state index in [4.69, 9.17) is 0 Å². The first kappa shape index (κ1) is 11.1. The van der Waals surface area contributed by atoms with Crippen LogP contribution in [-0.4, -0.2) is 15.7 Å². The smallest absolute Gasteiger partial charge is 0.311 e. The molecule has 0 radical (unpaired) electrons. The van der Waals surface area contributed by atoms with Crippen molar-refractivity contribution in [3.8, 4) is 0 Å². The van der Waals surface area contributed by atoms with Gasteiger partial charge in [0.1, 0.15) is 0 Å². The van der Waals surface area contributed by atoms with Crippen LogP contribution in [0, 0.1) is 0 Å². The zero-order valence-electron chi connectivity index (χ0n) is 9.91. The maximum atomic E-state index is 12.1. The lowest BCUT2D eigenvalue weighted by Crippen LogP contribution is -2.46. The van der Waals surface area contributed by atoms with Gasteiger partial charge in [0.05, 0.1) is 0 Å². The molecule has 1 aromatic rings. The third-order valence-electron chi connectivity index (χ3n) is 3.08. The number of hydrogen-bond acceptors (Lipinski definition) is 3. The molecule has 0 saturated carbocycles. The van der Waals surface area contributed by atoms with Crippen molar-refractivity contribution in [2.24, 2.45) is 7.05 Å². The zero-order valence-corrected chi connectivity index (χ0v) is 9.91. The van der Waals surface area contributed by atoms with Crippen molar-refractivity contribution >= 4 is 0 Å². The molecule has 1 aliphatic rings. The van der Waals surface area contributed by atoms with E-state index in [0.29, 0.717) is 13.0 Å². The van der Waals surface area contributed by atoms with Gasteiger partial charge >= 0.3 is 5.69 Å². The lowest BCUT2D eigenvalue weighted by molar-refractivity contribution is 0.483. The topological polar surface area (TPSA) is 56.0 Å². The van der Waals surface area contributed by atoms with Crippen molar-refractivity contribution in [2.45, 2.75) is 32.9 Å². The normalized spacial score (nSPS) is 15.2. The number of aromatic nitrogens is 2. The van der Waals surface area contributed by atoms with Gasteiger partial charge in [0.2, 0.25) is 0 Å². The average molecular weight is 223 g/mol. The summed E-state index contributed by atoms with van der Waals surface area (Å²) in [5.41, 5.74) is 1.28. The van der Waals surface area contributed by atoms with Gasteiger partial charge in [-0.2, -0.15) is 0 Å². The summed E-state index contributed by atoms with van der Waals surface area (Å²) in [6, 6.07) is -0.0913. The molecule has 0 aliphatic carbocycles. The van der Waals surface area contributed by atoms with Crippen molar-refractivity contribution in [1.29, 1.82) is 0 Å². The van der Waals surface area contributed by atoms with E-state index in [2.05, 4.69) is 5.32 Å². The van der Waals surface area contributed by atoms with Crippen molar-refractivity contribution in [2.75, 3.05) is 6.54 Å². The first-order valence-corrected chi connectivity index (χ1v) is 5.58. The fourth-order valence-corrected chi connectivity index (χ4v) is 2.19. The SMILES string of the molecule is CC(C)n1c(=O)c2c(n(C)c1=O)CNCC2. The third-order valence-corrected chi connectivity index (χ3v) is 3.08. The summed E-state index contributed by atoms with van der Waals surface area (Å²) < 4.78 is 2.92. The molecule has 16 heavy (non-hydrogen) atoms. The Morgan fingerprint density at radius 1 is 1.31 bits per heavy atom. The van der Waals surface area contributed by atoms with Gasteiger partial charge in [0.25, 0.3) is 5.56 Å². The van der Waals surface area contributed by atoms with E-state index in [9.17, 15) is 9.59 Å². The van der Waals surface area contributed by atoms with Gasteiger partial charge in [-0.15, -0.1) is 0 Å². The minimum atomic E-state index is -0.220. The lowest BCUT2D eigenvalue weighted by Gasteiger charge is -2.22. The molecule has 5 nitrogen and oxygen atoms in total. The number of nitrogens with one attached hydrogen (secondary N) is 1. The van der Waals surface area contributed by atoms with Gasteiger partial charge in [-0.3, -0.25) is 13.9 Å². The van der Waals surface area contributed by atoms with Gasteiger partial charge in [-0.25, -0.2) is 4.79 Å². The van der Waals surface area contributed by atoms with E-state index >= 15 is 0 Å². The van der Waals surface area contributed by atoms with Crippen LogP contribution in [0.2, 0.25) is 0 Å². The molecule has 0 fully saturated rings. The molecule has 0 spiro atoms. The van der Waals surface area contributed by atoms with E-state index in [1.54, 1.807) is 11.6 Å². The Kier molecular flexibility index (Phi) is 2.71. The molecule has 0 saturated heterocycles. The van der Waals surface area contributed by atoms with Crippen molar-refractivity contribution in [1.82, 2.24) is 14.5 Å². The molecule has 1 aliphatic heterocycles. The quantitative estimate of drug-likeness (QED) is 0.715. The molecule has 88 valence electrons. The second-order valence-electron chi connectivity index (χ2n) is 4.46. The van der Waals surface area contributed by atoms with Gasteiger partial charge in [0.15, 0.2) is 0 Å². The Morgan fingerprint density at radius 2 is 2.00 bits per heavy atom. The molecule has 2 heterocycles. The van der Waals surface area contributed by atoms with Crippen LogP contribution in [0.25, 0.3) is 0 Å². The molecule has 0 atom stereocenters. The van der Waals surface area contributed by atoms with Crippen LogP contribution in [0.15, 0.2) is 9.59 Å². The minimum absolute atomic E-state index is 0.0913. The molecule has 1 N–H and O–H groups in total. The van der Waals surface area contributed by atoms with E-state index in [0.717, 1.165) is 17.8 Å². The Bertz CT molecular complexity index is 525. The van der Waals surface area contributed by atoms with Crippen molar-refractivity contribution < 1.29 is 0 Å². The van der Waals surface area contributed by atoms with Crippen LogP contribution in [0.3, 0.4) is 0 Å². The number of hydrogen-bond donors (Lipinski definition) is 1. The van der Waals surface area contributed by atoms with Crippen LogP contribution in [0.1, 0.15) is 31.1 Å². The lowest BCUT2D eigenvalue weighted by atomic mass is 10.1. The molecule has 5 heteroatoms. The molecule has 0 aromatic carbocycles. The van der Waals surface area contributed by atoms with Crippen LogP contribution < -0.4 is 16.6 Å². The van der Waals surface area contributed by atoms with Crippen LogP contribution in [0.5, 0.6) is 0 Å². The molecule has 2 rings (SSSR count). The van der Waals surface area contributed by atoms with E-state index in [1.807, 2.05) is 13.8 Å². The second kappa shape index (κ2) is 3.90. The number of rotatable bonds is 1. The van der Waals surface area contributed by atoms with E-state index < -0.39 is 0 Å². The largest absolute Gasteiger partial charge is 0.331 e. The van der Waals surface area contributed by atoms with E-state index in [1.165, 1.54) is 4.57 Å². The highest BCUT2D eigenvalue weighted by Gasteiger charge is 2.20. The molecular formula is C11H17N3O2. The van der Waals surface area contributed by atoms with Gasteiger partial charge in [-0.05, 0) is 26.8 Å². The highest BCUT2D eigenvalue weighted by atomic mass is 16.2. The maximum absolute atomic E-state index is 12.1. The van der Waals surface area contributed by atoms with Gasteiger partial charge < -0.3 is 5.32 Å². The second-order valence-corrected chi connectivity index (χ2v) is 4.46. The highest BCUT2D eigenvalue weighted by Crippen LogP contribution is 2.07. The maximum Gasteiger partial charge on any atom is 0.331 e. The summed E-state index contributed by atoms with van der Waals surface area (Å²) in [6.45, 7) is 5.13. The van der Waals surface area contributed by atoms with E-state index in [-0.39, 0.29) is 17.3 Å². The molecule has 0 bridgehead atoms. The minimum Gasteiger partial charge on any atom is -0.311 e. The number of fused-ring (bicyclic) bond motifs is 1. The van der Waals surface area contributed by atoms with Gasteiger partial charge in [-0.1, -0.05) is 0 Å². The third kappa shape index (κ3) is 1.51. The Labute approximate surface area is 93.7 Å². The summed E-state index contributed by atoms with van der Waals surface area (Å²) in [7, 11) is 1.73. The summed E-state index contributed by atoms with van der Waals surface area (Å²) in [5.74, 6) is 0. The predicted octanol–water partition coefficient (Wildman–Crippen LogP) is -0.226. The Balaban J connectivity index is 2.81. The fraction of sp³-hybridized carbons (Fsp3) is 0.636. The van der Waals surface area contributed by atoms with Crippen LogP contribution in [-0.2, 0) is 20.0 Å². The molecule has 1 aromatic heterocycles. The molecule has 0 amide bonds. The standard InChI is InChI=1S/C11H17N3O2/c1-7(2)14-10(15)8-4-5-12-6-9(8)13(3)11(14)16/h7,12H,4-6H2,1-3H3. The van der Waals surface area contributed by atoms with Crippen LogP contribution >= 0.6 is 0 Å². The summed E-state index contributed by atoms with van der Waals surface area (Å²) in [5, 5.41) is 3.18. The van der Waals surface area contributed by atoms with Crippen LogP contribution in [0.4, 0.5) is 0 Å². The number of nitrogens with zero attached hydrogens (tertiary/aromatic N) is 2. The Hall–Kier alpha value is -1.36. The molecule has 0 unspecified atom stereocenters. The first-order valence-electron chi connectivity index (χ1n) is 5.58. The van der Waals surface area contributed by atoms with Crippen molar-refractivity contribution in [3.63, 3.8) is 0 Å². The van der Waals surface area contributed by atoms with Crippen molar-refractivity contribution in [3.05, 3.63) is 32.1 Å². The summed E-state index contributed by atoms with van der Waals surface area (Å²) in [6.07, 6.45) is 0.703.